The minimum absolute atomic E-state index is 0.194. The van der Waals surface area contributed by atoms with E-state index < -0.39 is 10.0 Å². The lowest BCUT2D eigenvalue weighted by molar-refractivity contribution is 0.238. The molecule has 2 saturated heterocycles. The molecule has 1 aromatic heterocycles. The Kier molecular flexibility index (Phi) is 6.24. The van der Waals surface area contributed by atoms with Crippen molar-refractivity contribution in [3.63, 3.8) is 0 Å². The number of likely N-dealkylation sites (tertiary alicyclic amines) is 1. The van der Waals surface area contributed by atoms with Crippen LogP contribution in [0.25, 0.3) is 22.2 Å². The van der Waals surface area contributed by atoms with Crippen molar-refractivity contribution >= 4 is 26.6 Å². The van der Waals surface area contributed by atoms with Crippen molar-refractivity contribution in [2.45, 2.75) is 32.7 Å². The first kappa shape index (κ1) is 22.8. The second-order valence-electron chi connectivity index (χ2n) is 8.94. The van der Waals surface area contributed by atoms with E-state index in [2.05, 4.69) is 22.5 Å². The van der Waals surface area contributed by atoms with E-state index in [0.29, 0.717) is 37.4 Å². The Morgan fingerprint density at radius 3 is 2.44 bits per heavy atom. The van der Waals surface area contributed by atoms with Crippen molar-refractivity contribution in [2.75, 3.05) is 42.8 Å². The van der Waals surface area contributed by atoms with Crippen molar-refractivity contribution in [1.29, 1.82) is 5.26 Å². The summed E-state index contributed by atoms with van der Waals surface area (Å²) in [6.07, 6.45) is 3.18. The fourth-order valence-corrected chi connectivity index (χ4v) is 6.74. The predicted molar refractivity (Wildman–Crippen MR) is 135 cm³/mol. The number of rotatable bonds is 7. The monoisotopic (exact) mass is 478 g/mol. The van der Waals surface area contributed by atoms with Crippen LogP contribution >= 0.6 is 0 Å². The molecule has 3 heterocycles. The van der Waals surface area contributed by atoms with E-state index >= 15 is 0 Å². The normalized spacial score (nSPS) is 17.9. The van der Waals surface area contributed by atoms with Crippen LogP contribution in [0.3, 0.4) is 0 Å². The standard InChI is InChI=1S/C26H30N4O3S/c1-2-29-25-18-22(33-16-15-28-12-3-4-13-28)10-11-23(25)24(19-27)26(29)20-6-8-21(9-7-20)30-14-5-17-34(30,31)32/h6-11,18H,2-5,12-17H2,1H3. The number of nitrogens with zero attached hydrogens (tertiary/aromatic N) is 4. The Hall–Kier alpha value is -3.02. The van der Waals surface area contributed by atoms with Crippen molar-refractivity contribution in [2.24, 2.45) is 0 Å². The summed E-state index contributed by atoms with van der Waals surface area (Å²) >= 11 is 0. The highest BCUT2D eigenvalue weighted by Crippen LogP contribution is 2.36. The first-order valence-corrected chi connectivity index (χ1v) is 13.6. The lowest BCUT2D eigenvalue weighted by Gasteiger charge is -2.17. The van der Waals surface area contributed by atoms with E-state index in [-0.39, 0.29) is 5.75 Å². The van der Waals surface area contributed by atoms with Crippen LogP contribution in [0.5, 0.6) is 5.75 Å². The molecule has 0 bridgehead atoms. The molecule has 0 spiro atoms. The number of ether oxygens (including phenoxy) is 1. The molecule has 8 heteroatoms. The maximum absolute atomic E-state index is 12.3. The summed E-state index contributed by atoms with van der Waals surface area (Å²) in [6, 6.07) is 15.8. The third kappa shape index (κ3) is 4.15. The Labute approximate surface area is 201 Å². The van der Waals surface area contributed by atoms with Crippen LogP contribution in [0.15, 0.2) is 42.5 Å². The molecule has 0 unspecified atom stereocenters. The quantitative estimate of drug-likeness (QED) is 0.508. The van der Waals surface area contributed by atoms with E-state index in [1.807, 2.05) is 42.5 Å². The number of hydrogen-bond acceptors (Lipinski definition) is 5. The van der Waals surface area contributed by atoms with E-state index in [9.17, 15) is 13.7 Å². The van der Waals surface area contributed by atoms with Gasteiger partial charge in [0.2, 0.25) is 10.0 Å². The van der Waals surface area contributed by atoms with Gasteiger partial charge in [-0.05, 0) is 69.1 Å². The SMILES string of the molecule is CCn1c(-c2ccc(N3CCCS3(=O)=O)cc2)c(C#N)c2ccc(OCCN3CCCC3)cc21. The van der Waals surface area contributed by atoms with Crippen LogP contribution in [-0.2, 0) is 16.6 Å². The summed E-state index contributed by atoms with van der Waals surface area (Å²) in [7, 11) is -3.22. The number of aryl methyl sites for hydroxylation is 1. The first-order chi connectivity index (χ1) is 16.5. The van der Waals surface area contributed by atoms with E-state index in [0.717, 1.165) is 47.5 Å². The predicted octanol–water partition coefficient (Wildman–Crippen LogP) is 4.21. The van der Waals surface area contributed by atoms with Crippen LogP contribution < -0.4 is 9.04 Å². The Bertz CT molecular complexity index is 1330. The molecule has 0 saturated carbocycles. The molecule has 2 aliphatic rings. The number of fused-ring (bicyclic) bond motifs is 1. The topological polar surface area (TPSA) is 78.6 Å². The van der Waals surface area contributed by atoms with Crippen molar-refractivity contribution in [3.8, 4) is 23.1 Å². The summed E-state index contributed by atoms with van der Waals surface area (Å²) in [5.74, 6) is 1.00. The highest BCUT2D eigenvalue weighted by atomic mass is 32.2. The smallest absolute Gasteiger partial charge is 0.235 e. The Morgan fingerprint density at radius 2 is 1.79 bits per heavy atom. The van der Waals surface area contributed by atoms with Gasteiger partial charge in [-0.2, -0.15) is 5.26 Å². The highest BCUT2D eigenvalue weighted by Gasteiger charge is 2.28. The van der Waals surface area contributed by atoms with Gasteiger partial charge in [0.25, 0.3) is 0 Å². The van der Waals surface area contributed by atoms with Gasteiger partial charge < -0.3 is 9.30 Å². The molecule has 0 atom stereocenters. The van der Waals surface area contributed by atoms with Crippen LogP contribution in [0.4, 0.5) is 5.69 Å². The molecule has 2 fully saturated rings. The van der Waals surface area contributed by atoms with Crippen molar-refractivity contribution in [1.82, 2.24) is 9.47 Å². The van der Waals surface area contributed by atoms with Gasteiger partial charge in [0.15, 0.2) is 0 Å². The number of benzene rings is 2. The third-order valence-corrected chi connectivity index (χ3v) is 8.74. The Balaban J connectivity index is 1.46. The number of sulfonamides is 1. The molecular weight excluding hydrogens is 448 g/mol. The number of anilines is 1. The van der Waals surface area contributed by atoms with Gasteiger partial charge >= 0.3 is 0 Å². The molecular formula is C26H30N4O3S. The number of aromatic nitrogens is 1. The summed E-state index contributed by atoms with van der Waals surface area (Å²) in [5.41, 5.74) is 4.02. The van der Waals surface area contributed by atoms with Crippen molar-refractivity contribution < 1.29 is 13.2 Å². The zero-order valence-corrected chi connectivity index (χ0v) is 20.4. The average molecular weight is 479 g/mol. The molecule has 0 radical (unpaired) electrons. The first-order valence-electron chi connectivity index (χ1n) is 12.0. The molecule has 0 aliphatic carbocycles. The van der Waals surface area contributed by atoms with Gasteiger partial charge in [0, 0.05) is 31.1 Å². The molecule has 178 valence electrons. The maximum atomic E-state index is 12.3. The molecule has 34 heavy (non-hydrogen) atoms. The molecule has 2 aromatic carbocycles. The van der Waals surface area contributed by atoms with E-state index in [1.165, 1.54) is 17.1 Å². The summed E-state index contributed by atoms with van der Waals surface area (Å²) in [4.78, 5) is 2.43. The van der Waals surface area contributed by atoms with Crippen molar-refractivity contribution in [3.05, 3.63) is 48.0 Å². The minimum Gasteiger partial charge on any atom is -0.492 e. The van der Waals surface area contributed by atoms with Gasteiger partial charge in [-0.25, -0.2) is 8.42 Å². The molecule has 0 amide bonds. The number of hydrogen-bond donors (Lipinski definition) is 0. The second kappa shape index (κ2) is 9.32. The summed E-state index contributed by atoms with van der Waals surface area (Å²) in [6.45, 7) is 7.17. The van der Waals surface area contributed by atoms with Gasteiger partial charge in [-0.15, -0.1) is 0 Å². The zero-order chi connectivity index (χ0) is 23.7. The summed E-state index contributed by atoms with van der Waals surface area (Å²) in [5, 5.41) is 10.9. The van der Waals surface area contributed by atoms with E-state index in [4.69, 9.17) is 4.74 Å². The van der Waals surface area contributed by atoms with Gasteiger partial charge in [0.1, 0.15) is 18.4 Å². The Morgan fingerprint density at radius 1 is 1.03 bits per heavy atom. The van der Waals surface area contributed by atoms with Crippen LogP contribution in [0.1, 0.15) is 31.7 Å². The lowest BCUT2D eigenvalue weighted by Crippen LogP contribution is -2.25. The molecule has 2 aliphatic heterocycles. The number of nitriles is 1. The molecule has 0 N–H and O–H groups in total. The largest absolute Gasteiger partial charge is 0.492 e. The van der Waals surface area contributed by atoms with Gasteiger partial charge in [0.05, 0.1) is 28.2 Å². The molecule has 3 aromatic rings. The fraction of sp³-hybridized carbons (Fsp3) is 0.423. The molecule has 5 rings (SSSR count). The van der Waals surface area contributed by atoms with Gasteiger partial charge in [-0.3, -0.25) is 9.21 Å². The fourth-order valence-electron chi connectivity index (χ4n) is 5.17. The third-order valence-electron chi connectivity index (χ3n) is 6.87. The van der Waals surface area contributed by atoms with Crippen LogP contribution in [0, 0.1) is 11.3 Å². The maximum Gasteiger partial charge on any atom is 0.235 e. The van der Waals surface area contributed by atoms with Gasteiger partial charge in [-0.1, -0.05) is 12.1 Å². The highest BCUT2D eigenvalue weighted by molar-refractivity contribution is 7.93. The zero-order valence-electron chi connectivity index (χ0n) is 19.5. The minimum atomic E-state index is -3.22. The average Bonchev–Trinajstić information content (AvgIpc) is 3.56. The molecule has 7 nitrogen and oxygen atoms in total. The van der Waals surface area contributed by atoms with Crippen LogP contribution in [0.2, 0.25) is 0 Å². The second-order valence-corrected chi connectivity index (χ2v) is 11.0. The summed E-state index contributed by atoms with van der Waals surface area (Å²) < 4.78 is 34.2. The lowest BCUT2D eigenvalue weighted by atomic mass is 10.1. The van der Waals surface area contributed by atoms with E-state index in [1.54, 1.807) is 0 Å². The van der Waals surface area contributed by atoms with Crippen LogP contribution in [-0.4, -0.2) is 56.4 Å².